The third-order valence-electron chi connectivity index (χ3n) is 2.62. The van der Waals surface area contributed by atoms with Crippen LogP contribution in [0.15, 0.2) is 0 Å². The second kappa shape index (κ2) is 9.01. The molecule has 0 radical (unpaired) electrons. The lowest BCUT2D eigenvalue weighted by Crippen LogP contribution is -2.14. The summed E-state index contributed by atoms with van der Waals surface area (Å²) >= 11 is 5.47. The first kappa shape index (κ1) is 17.9. The quantitative estimate of drug-likeness (QED) is 0.610. The fourth-order valence-electron chi connectivity index (χ4n) is 1.16. The third-order valence-corrected chi connectivity index (χ3v) is 7.09. The van der Waals surface area contributed by atoms with Gasteiger partial charge in [-0.3, -0.25) is 0 Å². The Morgan fingerprint density at radius 1 is 1.11 bits per heavy atom. The predicted molar refractivity (Wildman–Crippen MR) is 80.5 cm³/mol. The van der Waals surface area contributed by atoms with Crippen LogP contribution in [0.1, 0.15) is 47.0 Å². The van der Waals surface area contributed by atoms with Gasteiger partial charge in [0.15, 0.2) is 0 Å². The molecule has 8 heteroatoms. The van der Waals surface area contributed by atoms with Crippen molar-refractivity contribution in [1.82, 2.24) is 0 Å². The molecule has 0 unspecified atom stereocenters. The van der Waals surface area contributed by atoms with E-state index in [0.29, 0.717) is 13.2 Å². The van der Waals surface area contributed by atoms with E-state index in [4.69, 9.17) is 34.2 Å². The van der Waals surface area contributed by atoms with Gasteiger partial charge in [0.2, 0.25) is 0 Å². The van der Waals surface area contributed by atoms with E-state index < -0.39 is 15.3 Å². The maximum atomic E-state index is 5.80. The van der Waals surface area contributed by atoms with Gasteiger partial charge in [-0.05, 0) is 44.9 Å². The molecule has 0 saturated carbocycles. The van der Waals surface area contributed by atoms with E-state index in [0.717, 1.165) is 19.3 Å². The molecule has 0 amide bonds. The van der Waals surface area contributed by atoms with Gasteiger partial charge in [0.25, 0.3) is 0 Å². The number of hydrogen-bond acceptors (Lipinski definition) is 6. The summed E-state index contributed by atoms with van der Waals surface area (Å²) in [5.41, 5.74) is 0. The summed E-state index contributed by atoms with van der Waals surface area (Å²) in [7, 11) is -1.44. The molecule has 2 atom stereocenters. The van der Waals surface area contributed by atoms with Crippen LogP contribution in [0.5, 0.6) is 0 Å². The zero-order valence-electron chi connectivity index (χ0n) is 12.0. The maximum absolute atomic E-state index is 5.80. The van der Waals surface area contributed by atoms with Crippen LogP contribution in [-0.4, -0.2) is 25.4 Å². The van der Waals surface area contributed by atoms with Gasteiger partial charge in [-0.15, -0.1) is 0 Å². The van der Waals surface area contributed by atoms with Crippen LogP contribution in [0.4, 0.5) is 0 Å². The number of hydrogen-bond donors (Lipinski definition) is 0. The molecule has 1 rings (SSSR count). The van der Waals surface area contributed by atoms with Crippen LogP contribution in [0.2, 0.25) is 0 Å². The van der Waals surface area contributed by atoms with Crippen LogP contribution in [0.25, 0.3) is 0 Å². The third kappa shape index (κ3) is 6.92. The van der Waals surface area contributed by atoms with E-state index in [9.17, 15) is 0 Å². The lowest BCUT2D eigenvalue weighted by molar-refractivity contribution is 0.0990. The molecule has 1 aliphatic heterocycles. The van der Waals surface area contributed by atoms with Crippen molar-refractivity contribution in [3.63, 3.8) is 0 Å². The van der Waals surface area contributed by atoms with Gasteiger partial charge in [0.05, 0.1) is 25.4 Å². The topological polar surface area (TPSA) is 46.2 Å². The van der Waals surface area contributed by atoms with E-state index in [1.54, 1.807) is 0 Å². The Hall–Kier alpha value is 0.880. The summed E-state index contributed by atoms with van der Waals surface area (Å²) in [5.74, 6) is 0. The minimum atomic E-state index is -2.82. The fraction of sp³-hybridized carbons (Fsp3) is 1.00. The summed E-state index contributed by atoms with van der Waals surface area (Å²) in [4.78, 5) is 0. The van der Waals surface area contributed by atoms with Crippen molar-refractivity contribution in [3.05, 3.63) is 0 Å². The lowest BCUT2D eigenvalue weighted by atomic mass is 10.3. The van der Waals surface area contributed by atoms with Gasteiger partial charge in [-0.1, -0.05) is 13.8 Å². The van der Waals surface area contributed by atoms with Crippen LogP contribution in [0.3, 0.4) is 0 Å². The van der Waals surface area contributed by atoms with Crippen molar-refractivity contribution in [3.8, 4) is 0 Å². The molecule has 0 aromatic carbocycles. The highest BCUT2D eigenvalue weighted by atomic mass is 32.5. The van der Waals surface area contributed by atoms with Gasteiger partial charge in [-0.25, -0.2) is 4.31 Å². The molecule has 0 aromatic heterocycles. The minimum absolute atomic E-state index is 0.00493. The van der Waals surface area contributed by atoms with Crippen molar-refractivity contribution in [2.24, 2.45) is 0 Å². The van der Waals surface area contributed by atoms with Crippen molar-refractivity contribution in [2.75, 3.05) is 13.2 Å². The Kier molecular flexibility index (Phi) is 8.50. The molecule has 0 bridgehead atoms. The Morgan fingerprint density at radius 2 is 1.58 bits per heavy atom. The smallest absolute Gasteiger partial charge is 0.312 e. The van der Waals surface area contributed by atoms with Gasteiger partial charge in [0, 0.05) is 0 Å². The van der Waals surface area contributed by atoms with E-state index in [-0.39, 0.29) is 12.2 Å². The highest BCUT2D eigenvalue weighted by Gasteiger charge is 2.32. The summed E-state index contributed by atoms with van der Waals surface area (Å²) in [6.07, 6.45) is 2.57. The van der Waals surface area contributed by atoms with Gasteiger partial charge in [-0.2, -0.15) is 0 Å². The first-order valence-corrected chi connectivity index (χ1v) is 10.4. The average Bonchev–Trinajstić information content (AvgIpc) is 2.39. The molecular formula is C11H24O5P2S. The molecule has 1 saturated heterocycles. The molecular weight excluding hydrogens is 306 g/mol. The zero-order chi connectivity index (χ0) is 14.3. The summed E-state index contributed by atoms with van der Waals surface area (Å²) in [6, 6.07) is 0. The largest absolute Gasteiger partial charge is 0.340 e. The highest BCUT2D eigenvalue weighted by Crippen LogP contribution is 2.63. The lowest BCUT2D eigenvalue weighted by Gasteiger charge is -2.30. The molecule has 0 N–H and O–H groups in total. The molecule has 5 nitrogen and oxygen atoms in total. The van der Waals surface area contributed by atoms with Crippen molar-refractivity contribution < 1.29 is 22.4 Å². The second-order valence-corrected chi connectivity index (χ2v) is 8.70. The van der Waals surface area contributed by atoms with Crippen molar-refractivity contribution in [1.29, 1.82) is 0 Å². The molecule has 1 aliphatic rings. The Labute approximate surface area is 122 Å². The molecule has 0 spiro atoms. The van der Waals surface area contributed by atoms with Crippen LogP contribution < -0.4 is 0 Å². The minimum Gasteiger partial charge on any atom is -0.312 e. The molecule has 1 heterocycles. The molecule has 0 aliphatic carbocycles. The maximum Gasteiger partial charge on any atom is 0.340 e. The molecule has 19 heavy (non-hydrogen) atoms. The van der Waals surface area contributed by atoms with E-state index in [2.05, 4.69) is 0 Å². The predicted octanol–water partition coefficient (Wildman–Crippen LogP) is 4.52. The van der Waals surface area contributed by atoms with Crippen molar-refractivity contribution >= 4 is 27.1 Å². The number of rotatable bonds is 8. The Morgan fingerprint density at radius 3 is 2.00 bits per heavy atom. The summed E-state index contributed by atoms with van der Waals surface area (Å²) in [6.45, 7) is 6.43. The average molecular weight is 330 g/mol. The van der Waals surface area contributed by atoms with Gasteiger partial charge < -0.3 is 18.1 Å². The van der Waals surface area contributed by atoms with Crippen LogP contribution >= 0.6 is 15.3 Å². The first-order chi connectivity index (χ1) is 8.99. The first-order valence-electron chi connectivity index (χ1n) is 6.71. The standard InChI is InChI=1S/C11H24O5P2S/c1-5-10(3)14-18(19,15-11(4)6-2)16-17-12-8-7-9-13-17/h10-11H,5-9H2,1-4H3/t10-,11-/m1/s1. The van der Waals surface area contributed by atoms with E-state index in [1.807, 2.05) is 27.7 Å². The Balaban J connectivity index is 2.63. The van der Waals surface area contributed by atoms with Crippen LogP contribution in [-0.2, 0) is 34.2 Å². The van der Waals surface area contributed by atoms with Crippen molar-refractivity contribution in [2.45, 2.75) is 59.2 Å². The summed E-state index contributed by atoms with van der Waals surface area (Å²) in [5, 5.41) is 0. The Bertz CT molecular complexity index is 283. The SMILES string of the molecule is CC[C@@H](C)OP(=S)(O[C@H](C)CC)OP1OCCCO1. The van der Waals surface area contributed by atoms with Crippen LogP contribution in [0, 0.1) is 0 Å². The fourth-order valence-corrected chi connectivity index (χ4v) is 5.73. The summed E-state index contributed by atoms with van der Waals surface area (Å²) < 4.78 is 28.2. The zero-order valence-corrected chi connectivity index (χ0v) is 14.6. The normalized spacial score (nSPS) is 21.3. The van der Waals surface area contributed by atoms with Gasteiger partial charge in [0.1, 0.15) is 0 Å². The highest BCUT2D eigenvalue weighted by molar-refractivity contribution is 8.08. The monoisotopic (exact) mass is 330 g/mol. The van der Waals surface area contributed by atoms with E-state index in [1.165, 1.54) is 0 Å². The molecule has 1 fully saturated rings. The van der Waals surface area contributed by atoms with Gasteiger partial charge >= 0.3 is 15.3 Å². The second-order valence-electron chi connectivity index (χ2n) is 4.42. The molecule has 0 aromatic rings. The molecule has 114 valence electrons. The van der Waals surface area contributed by atoms with E-state index >= 15 is 0 Å².